The molecule has 3 rings (SSSR count). The van der Waals surface area contributed by atoms with Gasteiger partial charge in [0.1, 0.15) is 29.6 Å². The minimum absolute atomic E-state index is 0.0651. The van der Waals surface area contributed by atoms with Crippen LogP contribution in [0.2, 0.25) is 5.02 Å². The minimum Gasteiger partial charge on any atom is -0.479 e. The van der Waals surface area contributed by atoms with Crippen molar-refractivity contribution in [3.8, 4) is 5.75 Å². The number of carboxylic acid groups (broad SMARTS) is 1. The van der Waals surface area contributed by atoms with E-state index in [-0.39, 0.29) is 16.4 Å². The number of carbonyl (C=O) groups is 1. The van der Waals surface area contributed by atoms with Crippen molar-refractivity contribution < 1.29 is 39.1 Å². The number of hydrogen-bond acceptors (Lipinski definition) is 8. The third-order valence-electron chi connectivity index (χ3n) is 4.06. The third kappa shape index (κ3) is 3.27. The average molecular weight is 387 g/mol. The Hall–Kier alpha value is -2.17. The van der Waals surface area contributed by atoms with Gasteiger partial charge in [0.2, 0.25) is 6.29 Å². The van der Waals surface area contributed by atoms with Crippen molar-refractivity contribution in [3.63, 3.8) is 0 Å². The normalized spacial score (nSPS) is 28.9. The molecule has 1 fully saturated rings. The highest BCUT2D eigenvalue weighted by Gasteiger charge is 2.48. The topological polar surface area (TPSA) is 147 Å². The van der Waals surface area contributed by atoms with Gasteiger partial charge in [-0.05, 0) is 18.6 Å². The number of aryl methyl sites for hydroxylation is 1. The Morgan fingerprint density at radius 1 is 1.15 bits per heavy atom. The lowest BCUT2D eigenvalue weighted by molar-refractivity contribution is -0.271. The molecule has 2 unspecified atom stereocenters. The molecular formula is C16H15ClO9. The van der Waals surface area contributed by atoms with Crippen LogP contribution < -0.4 is 10.4 Å². The number of aliphatic hydroxyl groups is 3. The lowest BCUT2D eigenvalue weighted by Gasteiger charge is -2.38. The molecule has 0 saturated carbocycles. The summed E-state index contributed by atoms with van der Waals surface area (Å²) in [7, 11) is 0. The Bertz CT molecular complexity index is 908. The SMILES string of the molecule is Cc1cc(=O)oc2cc(O[C@@H]3OC(C(=O)O)[C@H](O)C(O)[C@H]3O)c(Cl)cc12. The molecule has 10 heteroatoms. The van der Waals surface area contributed by atoms with Crippen LogP contribution >= 0.6 is 11.6 Å². The van der Waals surface area contributed by atoms with Gasteiger partial charge < -0.3 is 34.3 Å². The van der Waals surface area contributed by atoms with Crippen LogP contribution in [0.1, 0.15) is 5.56 Å². The summed E-state index contributed by atoms with van der Waals surface area (Å²) >= 11 is 6.14. The van der Waals surface area contributed by atoms with Crippen molar-refractivity contribution in [3.05, 3.63) is 39.2 Å². The van der Waals surface area contributed by atoms with E-state index in [1.54, 1.807) is 6.92 Å². The zero-order valence-corrected chi connectivity index (χ0v) is 14.1. The Labute approximate surface area is 150 Å². The number of rotatable bonds is 3. The zero-order chi connectivity index (χ0) is 19.2. The first-order valence-corrected chi connectivity index (χ1v) is 7.90. The second-order valence-electron chi connectivity index (χ2n) is 5.88. The number of hydrogen-bond donors (Lipinski definition) is 4. The quantitative estimate of drug-likeness (QED) is 0.536. The molecular weight excluding hydrogens is 372 g/mol. The number of halogens is 1. The van der Waals surface area contributed by atoms with Crippen molar-refractivity contribution in [1.29, 1.82) is 0 Å². The predicted octanol–water partition coefficient (Wildman–Crippen LogP) is 0.0258. The molecule has 26 heavy (non-hydrogen) atoms. The molecule has 1 aliphatic rings. The van der Waals surface area contributed by atoms with Crippen LogP contribution in [-0.2, 0) is 9.53 Å². The Morgan fingerprint density at radius 3 is 2.50 bits per heavy atom. The number of aliphatic hydroxyl groups excluding tert-OH is 3. The van der Waals surface area contributed by atoms with Crippen LogP contribution in [0, 0.1) is 6.92 Å². The van der Waals surface area contributed by atoms with E-state index in [1.807, 2.05) is 0 Å². The Morgan fingerprint density at radius 2 is 1.85 bits per heavy atom. The summed E-state index contributed by atoms with van der Waals surface area (Å²) in [5, 5.41) is 39.2. The molecule has 0 radical (unpaired) electrons. The standard InChI is InChI=1S/C16H15ClO9/c1-5-2-10(18)24-8-4-9(7(17)3-6(5)8)25-16-13(21)11(19)12(20)14(26-16)15(22)23/h2-4,11-14,16,19-21H,1H3,(H,22,23)/t11?,12-,13-,14?,16-/m1/s1. The van der Waals surface area contributed by atoms with Gasteiger partial charge in [0.25, 0.3) is 0 Å². The lowest BCUT2D eigenvalue weighted by atomic mass is 9.99. The molecule has 140 valence electrons. The van der Waals surface area contributed by atoms with Crippen molar-refractivity contribution in [2.45, 2.75) is 37.6 Å². The monoisotopic (exact) mass is 386 g/mol. The highest BCUT2D eigenvalue weighted by atomic mass is 35.5. The molecule has 1 aromatic carbocycles. The maximum Gasteiger partial charge on any atom is 0.336 e. The first-order valence-electron chi connectivity index (χ1n) is 7.52. The van der Waals surface area contributed by atoms with Gasteiger partial charge in [-0.15, -0.1) is 0 Å². The van der Waals surface area contributed by atoms with E-state index in [0.29, 0.717) is 10.9 Å². The molecule has 4 N–H and O–H groups in total. The molecule has 0 aliphatic carbocycles. The lowest BCUT2D eigenvalue weighted by Crippen LogP contribution is -2.61. The predicted molar refractivity (Wildman–Crippen MR) is 87.2 cm³/mol. The van der Waals surface area contributed by atoms with Gasteiger partial charge in [0.15, 0.2) is 6.10 Å². The fraction of sp³-hybridized carbons (Fsp3) is 0.375. The summed E-state index contributed by atoms with van der Waals surface area (Å²) in [6.45, 7) is 1.69. The number of fused-ring (bicyclic) bond motifs is 1. The number of carboxylic acids is 1. The van der Waals surface area contributed by atoms with Gasteiger partial charge in [-0.1, -0.05) is 11.6 Å². The van der Waals surface area contributed by atoms with E-state index < -0.39 is 42.3 Å². The minimum atomic E-state index is -1.84. The summed E-state index contributed by atoms with van der Waals surface area (Å²) in [5.41, 5.74) is 0.208. The molecule has 0 spiro atoms. The van der Waals surface area contributed by atoms with Crippen LogP contribution in [0.5, 0.6) is 5.75 Å². The van der Waals surface area contributed by atoms with E-state index >= 15 is 0 Å². The smallest absolute Gasteiger partial charge is 0.336 e. The summed E-state index contributed by atoms with van der Waals surface area (Å²) in [5.74, 6) is -1.60. The van der Waals surface area contributed by atoms with Gasteiger partial charge >= 0.3 is 11.6 Å². The van der Waals surface area contributed by atoms with Gasteiger partial charge in [0, 0.05) is 17.5 Å². The van der Waals surface area contributed by atoms with Crippen LogP contribution in [0.4, 0.5) is 0 Å². The molecule has 5 atom stereocenters. The summed E-state index contributed by atoms with van der Waals surface area (Å²) in [6.07, 6.45) is -8.82. The molecule has 0 amide bonds. The number of benzene rings is 1. The van der Waals surface area contributed by atoms with Crippen LogP contribution in [0.25, 0.3) is 11.0 Å². The molecule has 9 nitrogen and oxygen atoms in total. The number of ether oxygens (including phenoxy) is 2. The maximum atomic E-state index is 11.5. The van der Waals surface area contributed by atoms with Crippen molar-refractivity contribution >= 4 is 28.5 Å². The molecule has 1 aliphatic heterocycles. The largest absolute Gasteiger partial charge is 0.479 e. The fourth-order valence-electron chi connectivity index (χ4n) is 2.68. The van der Waals surface area contributed by atoms with Crippen LogP contribution in [0.15, 0.2) is 27.4 Å². The first-order chi connectivity index (χ1) is 12.2. The van der Waals surface area contributed by atoms with E-state index in [9.17, 15) is 24.9 Å². The molecule has 0 bridgehead atoms. The van der Waals surface area contributed by atoms with Gasteiger partial charge in [-0.3, -0.25) is 0 Å². The molecule has 2 heterocycles. The molecule has 1 aromatic heterocycles. The first kappa shape index (κ1) is 18.6. The van der Waals surface area contributed by atoms with Gasteiger partial charge in [0.05, 0.1) is 5.02 Å². The van der Waals surface area contributed by atoms with E-state index in [0.717, 1.165) is 0 Å². The zero-order valence-electron chi connectivity index (χ0n) is 13.3. The Balaban J connectivity index is 1.96. The summed E-state index contributed by atoms with van der Waals surface area (Å²) < 4.78 is 15.5. The summed E-state index contributed by atoms with van der Waals surface area (Å²) in [6, 6.07) is 4.05. The highest BCUT2D eigenvalue weighted by Crippen LogP contribution is 2.33. The highest BCUT2D eigenvalue weighted by molar-refractivity contribution is 6.32. The van der Waals surface area contributed by atoms with Crippen LogP contribution in [-0.4, -0.2) is 57.1 Å². The second kappa shape index (κ2) is 6.86. The maximum absolute atomic E-state index is 11.5. The Kier molecular flexibility index (Phi) is 4.91. The van der Waals surface area contributed by atoms with E-state index in [1.165, 1.54) is 18.2 Å². The van der Waals surface area contributed by atoms with E-state index in [2.05, 4.69) is 0 Å². The summed E-state index contributed by atoms with van der Waals surface area (Å²) in [4.78, 5) is 22.6. The van der Waals surface area contributed by atoms with Crippen molar-refractivity contribution in [2.75, 3.05) is 0 Å². The molecule has 1 saturated heterocycles. The third-order valence-corrected chi connectivity index (χ3v) is 4.36. The second-order valence-corrected chi connectivity index (χ2v) is 6.29. The van der Waals surface area contributed by atoms with Crippen molar-refractivity contribution in [1.82, 2.24) is 0 Å². The van der Waals surface area contributed by atoms with Crippen molar-refractivity contribution in [2.24, 2.45) is 0 Å². The molecule has 2 aromatic rings. The fourth-order valence-corrected chi connectivity index (χ4v) is 2.89. The van der Waals surface area contributed by atoms with Crippen LogP contribution in [0.3, 0.4) is 0 Å². The van der Waals surface area contributed by atoms with Gasteiger partial charge in [-0.2, -0.15) is 0 Å². The van der Waals surface area contributed by atoms with Gasteiger partial charge in [-0.25, -0.2) is 9.59 Å². The number of aliphatic carboxylic acids is 1. The average Bonchev–Trinajstić information content (AvgIpc) is 2.56. The van der Waals surface area contributed by atoms with E-state index in [4.69, 9.17) is 30.6 Å².